The minimum Gasteiger partial charge on any atom is -0.475 e. The van der Waals surface area contributed by atoms with Crippen LogP contribution in [-0.2, 0) is 6.54 Å². The third-order valence-electron chi connectivity index (χ3n) is 5.59. The molecule has 4 heterocycles. The first-order chi connectivity index (χ1) is 12.5. The molecule has 0 N–H and O–H groups in total. The molecule has 0 aliphatic carbocycles. The lowest BCUT2D eigenvalue weighted by Crippen LogP contribution is -2.71. The maximum absolute atomic E-state index is 13.7. The second-order valence-corrected chi connectivity index (χ2v) is 8.58. The average Bonchev–Trinajstić information content (AvgIpc) is 3.00. The Bertz CT molecular complexity index is 762. The summed E-state index contributed by atoms with van der Waals surface area (Å²) < 4.78 is 19.4. The molecule has 0 unspecified atom stereocenters. The van der Waals surface area contributed by atoms with E-state index in [1.807, 2.05) is 6.92 Å². The van der Waals surface area contributed by atoms with E-state index in [2.05, 4.69) is 32.2 Å². The first kappa shape index (κ1) is 17.8. The second-order valence-electron chi connectivity index (χ2n) is 7.63. The predicted octanol–water partition coefficient (Wildman–Crippen LogP) is 2.96. The molecule has 7 heteroatoms. The first-order valence-corrected chi connectivity index (χ1v) is 10.00. The van der Waals surface area contributed by atoms with Crippen LogP contribution in [0.3, 0.4) is 0 Å². The molecule has 2 fully saturated rings. The van der Waals surface area contributed by atoms with Crippen LogP contribution >= 0.6 is 11.3 Å². The zero-order valence-corrected chi connectivity index (χ0v) is 16.1. The Morgan fingerprint density at radius 1 is 1.42 bits per heavy atom. The van der Waals surface area contributed by atoms with Gasteiger partial charge in [0.2, 0.25) is 5.88 Å². The minimum absolute atomic E-state index is 0.120. The van der Waals surface area contributed by atoms with Crippen LogP contribution in [0.15, 0.2) is 23.7 Å². The van der Waals surface area contributed by atoms with E-state index in [4.69, 9.17) is 4.74 Å². The molecular weight excluding hydrogens is 351 g/mol. The van der Waals surface area contributed by atoms with Crippen LogP contribution in [0.2, 0.25) is 0 Å². The van der Waals surface area contributed by atoms with E-state index in [0.29, 0.717) is 12.5 Å². The number of nitrogens with zero attached hydrogens (tertiary/aromatic N) is 4. The lowest BCUT2D eigenvalue weighted by molar-refractivity contribution is -0.0876. The van der Waals surface area contributed by atoms with E-state index >= 15 is 0 Å². The molecule has 2 aromatic heterocycles. The van der Waals surface area contributed by atoms with Crippen LogP contribution in [-0.4, -0.2) is 58.6 Å². The van der Waals surface area contributed by atoms with Crippen molar-refractivity contribution in [2.75, 3.05) is 33.3 Å². The number of halogens is 1. The predicted molar refractivity (Wildman–Crippen MR) is 99.9 cm³/mol. The summed E-state index contributed by atoms with van der Waals surface area (Å²) in [5.41, 5.74) is 1.33. The topological polar surface area (TPSA) is 41.5 Å². The Morgan fingerprint density at radius 2 is 2.27 bits per heavy atom. The molecule has 0 radical (unpaired) electrons. The fourth-order valence-electron chi connectivity index (χ4n) is 4.16. The molecule has 1 atom stereocenters. The van der Waals surface area contributed by atoms with E-state index in [1.54, 1.807) is 23.6 Å². The summed E-state index contributed by atoms with van der Waals surface area (Å²) in [5, 5.41) is 3.31. The van der Waals surface area contributed by atoms with Crippen molar-refractivity contribution in [2.24, 2.45) is 5.92 Å². The number of ether oxygens (including phenoxy) is 1. The summed E-state index contributed by atoms with van der Waals surface area (Å²) in [7, 11) is 2.22. The van der Waals surface area contributed by atoms with E-state index in [1.165, 1.54) is 11.1 Å². The van der Waals surface area contributed by atoms with Gasteiger partial charge in [-0.2, -0.15) is 0 Å². The average molecular weight is 377 g/mol. The number of rotatable bonds is 5. The van der Waals surface area contributed by atoms with Gasteiger partial charge in [-0.05, 0) is 51.4 Å². The van der Waals surface area contributed by atoms with Crippen molar-refractivity contribution in [2.45, 2.75) is 31.8 Å². The lowest BCUT2D eigenvalue weighted by atomic mass is 9.75. The largest absolute Gasteiger partial charge is 0.475 e. The number of aromatic nitrogens is 2. The first-order valence-electron chi connectivity index (χ1n) is 9.12. The second kappa shape index (κ2) is 7.21. The van der Waals surface area contributed by atoms with Gasteiger partial charge in [-0.25, -0.2) is 14.4 Å². The van der Waals surface area contributed by atoms with Crippen molar-refractivity contribution in [3.8, 4) is 5.88 Å². The fourth-order valence-corrected chi connectivity index (χ4v) is 4.97. The van der Waals surface area contributed by atoms with Crippen molar-refractivity contribution < 1.29 is 9.13 Å². The molecule has 4 rings (SSSR count). The molecule has 2 aromatic rings. The molecule has 0 bridgehead atoms. The minimum atomic E-state index is -0.385. The normalized spacial score (nSPS) is 23.1. The van der Waals surface area contributed by atoms with Crippen LogP contribution in [0, 0.1) is 18.7 Å². The van der Waals surface area contributed by atoms with Crippen molar-refractivity contribution in [1.82, 2.24) is 19.8 Å². The number of likely N-dealkylation sites (N-methyl/N-ethyl adjacent to an activating group) is 1. The summed E-state index contributed by atoms with van der Waals surface area (Å²) >= 11 is 1.74. The van der Waals surface area contributed by atoms with E-state index in [0.717, 1.165) is 44.7 Å². The van der Waals surface area contributed by atoms with Gasteiger partial charge in [0.25, 0.3) is 0 Å². The standard InChI is InChI=1S/C19H25FN4OS/c1-14-11-26-17(22-14)9-24-12-19(13-24)8-15(5-7-23(19)2)10-25-18-16(20)4-3-6-21-18/h3-4,6,11,15H,5,7-10,12-13H2,1-2H3/t15-/m0/s1. The summed E-state index contributed by atoms with van der Waals surface area (Å²) in [6.07, 6.45) is 3.74. The van der Waals surface area contributed by atoms with Crippen LogP contribution in [0.25, 0.3) is 0 Å². The van der Waals surface area contributed by atoms with Gasteiger partial charge < -0.3 is 4.74 Å². The van der Waals surface area contributed by atoms with Gasteiger partial charge in [0.15, 0.2) is 5.82 Å². The number of aryl methyl sites for hydroxylation is 1. The van der Waals surface area contributed by atoms with Gasteiger partial charge in [-0.3, -0.25) is 9.80 Å². The summed E-state index contributed by atoms with van der Waals surface area (Å²) in [6.45, 7) is 6.71. The molecule has 2 saturated heterocycles. The zero-order valence-electron chi connectivity index (χ0n) is 15.3. The van der Waals surface area contributed by atoms with Gasteiger partial charge in [0, 0.05) is 35.9 Å². The summed E-state index contributed by atoms with van der Waals surface area (Å²) in [5.74, 6) is 0.176. The van der Waals surface area contributed by atoms with Gasteiger partial charge >= 0.3 is 0 Å². The molecule has 140 valence electrons. The smallest absolute Gasteiger partial charge is 0.250 e. The molecule has 1 spiro atoms. The van der Waals surface area contributed by atoms with E-state index in [9.17, 15) is 4.39 Å². The van der Waals surface area contributed by atoms with Crippen molar-refractivity contribution in [3.63, 3.8) is 0 Å². The highest BCUT2D eigenvalue weighted by Crippen LogP contribution is 2.39. The third kappa shape index (κ3) is 3.61. The number of hydrogen-bond donors (Lipinski definition) is 0. The highest BCUT2D eigenvalue weighted by Gasteiger charge is 2.49. The van der Waals surface area contributed by atoms with E-state index < -0.39 is 0 Å². The maximum atomic E-state index is 13.7. The molecule has 2 aliphatic rings. The Morgan fingerprint density at radius 3 is 3.00 bits per heavy atom. The van der Waals surface area contributed by atoms with E-state index in [-0.39, 0.29) is 17.2 Å². The molecule has 5 nitrogen and oxygen atoms in total. The number of hydrogen-bond acceptors (Lipinski definition) is 6. The Balaban J connectivity index is 1.32. The highest BCUT2D eigenvalue weighted by molar-refractivity contribution is 7.09. The molecule has 0 saturated carbocycles. The number of pyridine rings is 1. The van der Waals surface area contributed by atoms with Crippen molar-refractivity contribution in [1.29, 1.82) is 0 Å². The van der Waals surface area contributed by atoms with Crippen LogP contribution < -0.4 is 4.74 Å². The number of likely N-dealkylation sites (tertiary alicyclic amines) is 2. The third-order valence-corrected chi connectivity index (χ3v) is 6.54. The Kier molecular flexibility index (Phi) is 4.94. The molecule has 0 amide bonds. The van der Waals surface area contributed by atoms with Gasteiger partial charge in [0.1, 0.15) is 5.01 Å². The summed E-state index contributed by atoms with van der Waals surface area (Å²) in [4.78, 5) is 13.5. The number of piperidine rings is 1. The molecule has 2 aliphatic heterocycles. The van der Waals surface area contributed by atoms with Gasteiger partial charge in [-0.1, -0.05) is 0 Å². The molecule has 26 heavy (non-hydrogen) atoms. The zero-order chi connectivity index (χ0) is 18.1. The van der Waals surface area contributed by atoms with Crippen LogP contribution in [0.5, 0.6) is 5.88 Å². The fraction of sp³-hybridized carbons (Fsp3) is 0.579. The van der Waals surface area contributed by atoms with Gasteiger partial charge in [-0.15, -0.1) is 11.3 Å². The van der Waals surface area contributed by atoms with Crippen molar-refractivity contribution in [3.05, 3.63) is 40.2 Å². The van der Waals surface area contributed by atoms with Crippen LogP contribution in [0.1, 0.15) is 23.5 Å². The quantitative estimate of drug-likeness (QED) is 0.803. The SMILES string of the molecule is Cc1csc(CN2CC3(C[C@@H](COc4ncccc4F)CCN3C)C2)n1. The van der Waals surface area contributed by atoms with Crippen molar-refractivity contribution >= 4 is 11.3 Å². The maximum Gasteiger partial charge on any atom is 0.250 e. The highest BCUT2D eigenvalue weighted by atomic mass is 32.1. The summed E-state index contributed by atoms with van der Waals surface area (Å²) in [6, 6.07) is 2.97. The Labute approximate surface area is 157 Å². The lowest BCUT2D eigenvalue weighted by Gasteiger charge is -2.58. The number of thiazole rings is 1. The Hall–Kier alpha value is -1.57. The van der Waals surface area contributed by atoms with Gasteiger partial charge in [0.05, 0.1) is 13.2 Å². The molecule has 0 aromatic carbocycles. The monoisotopic (exact) mass is 376 g/mol. The molecular formula is C19H25FN4OS. The van der Waals surface area contributed by atoms with Crippen LogP contribution in [0.4, 0.5) is 4.39 Å².